The molecule has 1 amide bonds. The van der Waals surface area contributed by atoms with E-state index in [1.165, 1.54) is 12.8 Å². The summed E-state index contributed by atoms with van der Waals surface area (Å²) in [5, 5.41) is 0. The number of rotatable bonds is 2. The third kappa shape index (κ3) is 2.84. The number of hydrogen-bond donors (Lipinski definition) is 0. The smallest absolute Gasteiger partial charge is 0.254 e. The van der Waals surface area contributed by atoms with Crippen molar-refractivity contribution in [2.45, 2.75) is 26.2 Å². The van der Waals surface area contributed by atoms with Crippen molar-refractivity contribution in [3.05, 3.63) is 29.3 Å². The summed E-state index contributed by atoms with van der Waals surface area (Å²) in [6, 6.07) is 5.72. The van der Waals surface area contributed by atoms with Gasteiger partial charge in [-0.25, -0.2) is 0 Å². The zero-order valence-electron chi connectivity index (χ0n) is 13.9. The van der Waals surface area contributed by atoms with Gasteiger partial charge in [-0.3, -0.25) is 4.79 Å². The molecule has 2 aliphatic heterocycles. The number of methoxy groups -OCH3 is 1. The van der Waals surface area contributed by atoms with Gasteiger partial charge in [-0.2, -0.15) is 0 Å². The SMILES string of the molecule is COc1ccc(C(=O)N2CCC[C@]3(CCN(C)C3)C2)c(C)c1. The van der Waals surface area contributed by atoms with E-state index in [1.54, 1.807) is 7.11 Å². The number of piperidine rings is 1. The normalized spacial score (nSPS) is 25.7. The summed E-state index contributed by atoms with van der Waals surface area (Å²) >= 11 is 0. The number of hydrogen-bond acceptors (Lipinski definition) is 3. The number of ether oxygens (including phenoxy) is 1. The maximum absolute atomic E-state index is 12.9. The second-order valence-corrected chi connectivity index (χ2v) is 7.00. The van der Waals surface area contributed by atoms with Gasteiger partial charge in [-0.1, -0.05) is 0 Å². The molecule has 0 unspecified atom stereocenters. The van der Waals surface area contributed by atoms with Crippen molar-refractivity contribution in [1.82, 2.24) is 9.80 Å². The van der Waals surface area contributed by atoms with E-state index in [0.29, 0.717) is 5.41 Å². The lowest BCUT2D eigenvalue weighted by atomic mass is 9.79. The van der Waals surface area contributed by atoms with Crippen LogP contribution in [0, 0.1) is 12.3 Å². The molecule has 4 nitrogen and oxygen atoms in total. The standard InChI is InChI=1S/C18H26N2O2/c1-14-11-15(22-3)5-6-16(14)17(21)20-9-4-7-18(13-20)8-10-19(2)12-18/h5-6,11H,4,7-10,12-13H2,1-3H3/t18-/m1/s1. The van der Waals surface area contributed by atoms with Gasteiger partial charge in [0.05, 0.1) is 7.11 Å². The second kappa shape index (κ2) is 5.92. The molecule has 4 heteroatoms. The summed E-state index contributed by atoms with van der Waals surface area (Å²) in [5.41, 5.74) is 2.12. The van der Waals surface area contributed by atoms with Crippen LogP contribution < -0.4 is 4.74 Å². The Morgan fingerprint density at radius 2 is 2.05 bits per heavy atom. The molecule has 0 N–H and O–H groups in total. The molecule has 0 bridgehead atoms. The Hall–Kier alpha value is -1.55. The number of aryl methyl sites for hydroxylation is 1. The van der Waals surface area contributed by atoms with Gasteiger partial charge in [-0.05, 0) is 63.5 Å². The van der Waals surface area contributed by atoms with E-state index >= 15 is 0 Å². The summed E-state index contributed by atoms with van der Waals surface area (Å²) in [6.07, 6.45) is 3.59. The predicted octanol–water partition coefficient (Wildman–Crippen LogP) is 2.56. The highest BCUT2D eigenvalue weighted by atomic mass is 16.5. The monoisotopic (exact) mass is 302 g/mol. The Balaban J connectivity index is 1.77. The first-order chi connectivity index (χ1) is 10.5. The number of carbonyl (C=O) groups is 1. The predicted molar refractivity (Wildman–Crippen MR) is 87.4 cm³/mol. The average Bonchev–Trinajstić information content (AvgIpc) is 2.86. The number of amides is 1. The molecule has 2 saturated heterocycles. The first-order valence-corrected chi connectivity index (χ1v) is 8.15. The summed E-state index contributed by atoms with van der Waals surface area (Å²) < 4.78 is 5.23. The van der Waals surface area contributed by atoms with E-state index in [2.05, 4.69) is 16.8 Å². The Labute approximate surface area is 133 Å². The minimum Gasteiger partial charge on any atom is -0.497 e. The first-order valence-electron chi connectivity index (χ1n) is 8.15. The van der Waals surface area contributed by atoms with Crippen LogP contribution in [-0.4, -0.2) is 56.0 Å². The third-order valence-corrected chi connectivity index (χ3v) is 5.24. The second-order valence-electron chi connectivity index (χ2n) is 7.00. The van der Waals surface area contributed by atoms with Gasteiger partial charge in [0.15, 0.2) is 0 Å². The van der Waals surface area contributed by atoms with Crippen molar-refractivity contribution in [1.29, 1.82) is 0 Å². The maximum atomic E-state index is 12.9. The number of nitrogens with zero attached hydrogens (tertiary/aromatic N) is 2. The molecule has 0 radical (unpaired) electrons. The molecule has 0 saturated carbocycles. The van der Waals surface area contributed by atoms with Gasteiger partial charge in [0, 0.05) is 30.6 Å². The summed E-state index contributed by atoms with van der Waals surface area (Å²) in [5.74, 6) is 0.982. The Kier molecular flexibility index (Phi) is 4.13. The molecule has 22 heavy (non-hydrogen) atoms. The lowest BCUT2D eigenvalue weighted by Gasteiger charge is -2.40. The highest BCUT2D eigenvalue weighted by Gasteiger charge is 2.41. The van der Waals surface area contributed by atoms with Crippen LogP contribution in [0.4, 0.5) is 0 Å². The first kappa shape index (κ1) is 15.3. The van der Waals surface area contributed by atoms with Crippen LogP contribution in [-0.2, 0) is 0 Å². The van der Waals surface area contributed by atoms with Crippen molar-refractivity contribution in [2.75, 3.05) is 40.3 Å². The fourth-order valence-corrected chi connectivity index (χ4v) is 4.05. The van der Waals surface area contributed by atoms with Crippen molar-refractivity contribution in [3.8, 4) is 5.75 Å². The molecular weight excluding hydrogens is 276 g/mol. The molecule has 0 aromatic heterocycles. The Bertz CT molecular complexity index is 568. The largest absolute Gasteiger partial charge is 0.497 e. The Morgan fingerprint density at radius 1 is 1.23 bits per heavy atom. The van der Waals surface area contributed by atoms with Crippen LogP contribution in [0.5, 0.6) is 5.75 Å². The van der Waals surface area contributed by atoms with Crippen molar-refractivity contribution < 1.29 is 9.53 Å². The minimum absolute atomic E-state index is 0.175. The van der Waals surface area contributed by atoms with Crippen LogP contribution in [0.3, 0.4) is 0 Å². The zero-order chi connectivity index (χ0) is 15.7. The summed E-state index contributed by atoms with van der Waals surface area (Å²) in [6.45, 7) is 6.05. The average molecular weight is 302 g/mol. The lowest BCUT2D eigenvalue weighted by molar-refractivity contribution is 0.0534. The van der Waals surface area contributed by atoms with E-state index in [1.807, 2.05) is 25.1 Å². The molecule has 2 heterocycles. The van der Waals surface area contributed by atoms with Crippen LogP contribution in [0.25, 0.3) is 0 Å². The topological polar surface area (TPSA) is 32.8 Å². The molecule has 120 valence electrons. The van der Waals surface area contributed by atoms with E-state index < -0.39 is 0 Å². The maximum Gasteiger partial charge on any atom is 0.254 e. The van der Waals surface area contributed by atoms with Crippen LogP contribution in [0.1, 0.15) is 35.2 Å². The van der Waals surface area contributed by atoms with E-state index in [-0.39, 0.29) is 5.91 Å². The molecule has 3 rings (SSSR count). The van der Waals surface area contributed by atoms with Crippen LogP contribution >= 0.6 is 0 Å². The fourth-order valence-electron chi connectivity index (χ4n) is 4.05. The van der Waals surface area contributed by atoms with Crippen molar-refractivity contribution in [3.63, 3.8) is 0 Å². The van der Waals surface area contributed by atoms with Gasteiger partial charge >= 0.3 is 0 Å². The Morgan fingerprint density at radius 3 is 2.68 bits per heavy atom. The van der Waals surface area contributed by atoms with E-state index in [0.717, 1.165) is 49.5 Å². The molecule has 1 atom stereocenters. The highest BCUT2D eigenvalue weighted by molar-refractivity contribution is 5.96. The molecule has 0 aliphatic carbocycles. The molecular formula is C18H26N2O2. The van der Waals surface area contributed by atoms with E-state index in [4.69, 9.17) is 4.74 Å². The third-order valence-electron chi connectivity index (χ3n) is 5.24. The minimum atomic E-state index is 0.175. The van der Waals surface area contributed by atoms with Crippen LogP contribution in [0.2, 0.25) is 0 Å². The van der Waals surface area contributed by atoms with Gasteiger partial charge in [0.2, 0.25) is 0 Å². The number of benzene rings is 1. The molecule has 1 aromatic carbocycles. The van der Waals surface area contributed by atoms with Gasteiger partial charge < -0.3 is 14.5 Å². The highest BCUT2D eigenvalue weighted by Crippen LogP contribution is 2.38. The zero-order valence-corrected chi connectivity index (χ0v) is 13.9. The number of carbonyl (C=O) groups excluding carboxylic acids is 1. The van der Waals surface area contributed by atoms with Gasteiger partial charge in [-0.15, -0.1) is 0 Å². The molecule has 2 fully saturated rings. The lowest BCUT2D eigenvalue weighted by Crippen LogP contribution is -2.47. The molecule has 1 aromatic rings. The van der Waals surface area contributed by atoms with Crippen molar-refractivity contribution in [2.24, 2.45) is 5.41 Å². The quantitative estimate of drug-likeness (QED) is 0.842. The van der Waals surface area contributed by atoms with Crippen molar-refractivity contribution >= 4 is 5.91 Å². The molecule has 1 spiro atoms. The van der Waals surface area contributed by atoms with E-state index in [9.17, 15) is 4.79 Å². The fraction of sp³-hybridized carbons (Fsp3) is 0.611. The summed E-state index contributed by atoms with van der Waals surface area (Å²) in [4.78, 5) is 17.4. The van der Waals surface area contributed by atoms with Gasteiger partial charge in [0.1, 0.15) is 5.75 Å². The number of likely N-dealkylation sites (tertiary alicyclic amines) is 2. The molecule has 2 aliphatic rings. The van der Waals surface area contributed by atoms with Gasteiger partial charge in [0.25, 0.3) is 5.91 Å². The summed E-state index contributed by atoms with van der Waals surface area (Å²) in [7, 11) is 3.84. The van der Waals surface area contributed by atoms with Crippen LogP contribution in [0.15, 0.2) is 18.2 Å².